The third-order valence-electron chi connectivity index (χ3n) is 4.35. The predicted octanol–water partition coefficient (Wildman–Crippen LogP) is 4.06. The van der Waals surface area contributed by atoms with Gasteiger partial charge in [-0.05, 0) is 46.2 Å². The minimum atomic E-state index is -0.578. The van der Waals surface area contributed by atoms with Crippen molar-refractivity contribution in [2.45, 2.75) is 58.7 Å². The Morgan fingerprint density at radius 3 is 2.48 bits per heavy atom. The Kier molecular flexibility index (Phi) is 5.57. The Bertz CT molecular complexity index is 764. The molecule has 1 aliphatic rings. The first-order chi connectivity index (χ1) is 12.8. The maximum absolute atomic E-state index is 12.9. The van der Waals surface area contributed by atoms with Crippen LogP contribution in [0.4, 0.5) is 4.79 Å². The molecule has 0 spiro atoms. The summed E-state index contributed by atoms with van der Waals surface area (Å²) in [6, 6.07) is 3.61. The molecule has 0 bridgehead atoms. The Morgan fingerprint density at radius 2 is 1.85 bits per heavy atom. The zero-order valence-corrected chi connectivity index (χ0v) is 16.3. The number of ether oxygens (including phenoxy) is 1. The lowest BCUT2D eigenvalue weighted by Gasteiger charge is -2.37. The molecule has 0 saturated carbocycles. The molecule has 3 heterocycles. The Morgan fingerprint density at radius 1 is 1.19 bits per heavy atom. The second kappa shape index (κ2) is 7.74. The van der Waals surface area contributed by atoms with Gasteiger partial charge in [0, 0.05) is 30.8 Å². The van der Waals surface area contributed by atoms with E-state index in [4.69, 9.17) is 14.1 Å². The first-order valence-electron chi connectivity index (χ1n) is 9.32. The van der Waals surface area contributed by atoms with E-state index in [9.17, 15) is 4.79 Å². The first-order valence-corrected chi connectivity index (χ1v) is 9.32. The van der Waals surface area contributed by atoms with Crippen molar-refractivity contribution in [3.05, 3.63) is 30.4 Å². The van der Waals surface area contributed by atoms with Crippen molar-refractivity contribution >= 4 is 6.09 Å². The van der Waals surface area contributed by atoms with Crippen LogP contribution in [0.25, 0.3) is 11.4 Å². The lowest BCUT2D eigenvalue weighted by atomic mass is 10.1. The predicted molar refractivity (Wildman–Crippen MR) is 97.1 cm³/mol. The lowest BCUT2D eigenvalue weighted by Crippen LogP contribution is -2.57. The molecule has 1 atom stereocenters. The van der Waals surface area contributed by atoms with Crippen LogP contribution in [0.15, 0.2) is 29.0 Å². The van der Waals surface area contributed by atoms with Crippen molar-refractivity contribution in [2.75, 3.05) is 13.1 Å². The van der Waals surface area contributed by atoms with E-state index >= 15 is 0 Å². The molecular formula is C19H27N4O4+. The van der Waals surface area contributed by atoms with Crippen molar-refractivity contribution in [3.63, 3.8) is 0 Å². The number of likely N-dealkylation sites (tertiary alicyclic amines) is 1. The molecule has 0 radical (unpaired) electrons. The van der Waals surface area contributed by atoms with E-state index in [0.717, 1.165) is 24.8 Å². The number of quaternary nitrogens is 1. The minimum absolute atomic E-state index is 0.175. The number of rotatable bonds is 4. The van der Waals surface area contributed by atoms with E-state index in [1.807, 2.05) is 27.7 Å². The van der Waals surface area contributed by atoms with Gasteiger partial charge in [-0.25, -0.2) is 0 Å². The third-order valence-corrected chi connectivity index (χ3v) is 4.35. The summed E-state index contributed by atoms with van der Waals surface area (Å²) in [6.07, 6.45) is 5.30. The number of hydrogen-bond acceptors (Lipinski definition) is 7. The fourth-order valence-corrected chi connectivity index (χ4v) is 3.07. The molecule has 8 heteroatoms. The number of carbonyl (C=O) groups is 1. The largest absolute Gasteiger partial charge is 0.550 e. The number of piperidine rings is 1. The highest BCUT2D eigenvalue weighted by Gasteiger charge is 2.47. The molecule has 1 aliphatic heterocycles. The van der Waals surface area contributed by atoms with Crippen molar-refractivity contribution in [1.82, 2.24) is 15.1 Å². The first kappa shape index (κ1) is 19.4. The number of hydrogen-bond donors (Lipinski definition) is 0. The quantitative estimate of drug-likeness (QED) is 0.745. The van der Waals surface area contributed by atoms with Crippen molar-refractivity contribution in [3.8, 4) is 11.4 Å². The lowest BCUT2D eigenvalue weighted by molar-refractivity contribution is -1.06. The van der Waals surface area contributed by atoms with Gasteiger partial charge < -0.3 is 9.26 Å². The minimum Gasteiger partial charge on any atom is -0.412 e. The molecule has 1 saturated heterocycles. The summed E-state index contributed by atoms with van der Waals surface area (Å²) in [5.74, 6) is 0.791. The number of pyridine rings is 1. The summed E-state index contributed by atoms with van der Waals surface area (Å²) in [6.45, 7) is 8.52. The molecule has 146 valence electrons. The van der Waals surface area contributed by atoms with Crippen LogP contribution in [-0.4, -0.2) is 44.6 Å². The number of hydroxylamine groups is 3. The Balaban J connectivity index is 1.78. The fourth-order valence-electron chi connectivity index (χ4n) is 3.07. The average Bonchev–Trinajstić information content (AvgIpc) is 3.12. The smallest absolute Gasteiger partial charge is 0.412 e. The molecule has 0 N–H and O–H groups in total. The molecule has 2 aromatic heterocycles. The van der Waals surface area contributed by atoms with Crippen LogP contribution >= 0.6 is 0 Å². The molecule has 1 fully saturated rings. The summed E-state index contributed by atoms with van der Waals surface area (Å²) in [5, 5.41) is 4.01. The highest BCUT2D eigenvalue weighted by atomic mass is 16.8. The van der Waals surface area contributed by atoms with Gasteiger partial charge in [-0.2, -0.15) is 14.6 Å². The fraction of sp³-hybridized carbons (Fsp3) is 0.579. The second-order valence-corrected chi connectivity index (χ2v) is 7.82. The molecule has 0 unspecified atom stereocenters. The summed E-state index contributed by atoms with van der Waals surface area (Å²) in [4.78, 5) is 27.5. The van der Waals surface area contributed by atoms with Crippen LogP contribution < -0.4 is 0 Å². The Hall–Kier alpha value is -2.32. The Labute approximate surface area is 159 Å². The average molecular weight is 375 g/mol. The zero-order valence-electron chi connectivity index (χ0n) is 16.3. The van der Waals surface area contributed by atoms with E-state index < -0.39 is 11.7 Å². The van der Waals surface area contributed by atoms with Crippen LogP contribution in [0.3, 0.4) is 0 Å². The normalized spacial score (nSPS) is 18.1. The highest BCUT2D eigenvalue weighted by Crippen LogP contribution is 2.30. The molecule has 1 amide bonds. The van der Waals surface area contributed by atoms with Gasteiger partial charge in [0.25, 0.3) is 5.89 Å². The SMILES string of the molecule is C[C@@H](O[N+]1(C(=O)OC(C)(C)C)CCCCC1)c1nc(-c2ccncc2)no1. The van der Waals surface area contributed by atoms with Crippen LogP contribution in [0.5, 0.6) is 0 Å². The monoisotopic (exact) mass is 375 g/mol. The second-order valence-electron chi connectivity index (χ2n) is 7.82. The van der Waals surface area contributed by atoms with Crippen LogP contribution in [-0.2, 0) is 9.57 Å². The maximum atomic E-state index is 12.9. The molecule has 8 nitrogen and oxygen atoms in total. The molecule has 2 aromatic rings. The third kappa shape index (κ3) is 4.70. The highest BCUT2D eigenvalue weighted by molar-refractivity contribution is 5.59. The molecule has 0 aliphatic carbocycles. The van der Waals surface area contributed by atoms with E-state index in [1.54, 1.807) is 24.5 Å². The van der Waals surface area contributed by atoms with E-state index in [2.05, 4.69) is 15.1 Å². The van der Waals surface area contributed by atoms with Crippen molar-refractivity contribution in [1.29, 1.82) is 0 Å². The van der Waals surface area contributed by atoms with E-state index in [1.165, 1.54) is 0 Å². The number of aromatic nitrogens is 3. The van der Waals surface area contributed by atoms with Gasteiger partial charge in [0.2, 0.25) is 5.82 Å². The maximum Gasteiger partial charge on any atom is 0.550 e. The van der Waals surface area contributed by atoms with Gasteiger partial charge >= 0.3 is 6.09 Å². The molecular weight excluding hydrogens is 348 g/mol. The van der Waals surface area contributed by atoms with Gasteiger partial charge in [-0.3, -0.25) is 4.98 Å². The van der Waals surface area contributed by atoms with Gasteiger partial charge in [0.05, 0.1) is 0 Å². The number of nitrogens with zero attached hydrogens (tertiary/aromatic N) is 4. The van der Waals surface area contributed by atoms with Gasteiger partial charge in [-0.1, -0.05) is 9.80 Å². The van der Waals surface area contributed by atoms with Gasteiger partial charge in [0.1, 0.15) is 18.7 Å². The van der Waals surface area contributed by atoms with Crippen molar-refractivity contribution < 1.29 is 23.5 Å². The van der Waals surface area contributed by atoms with Crippen LogP contribution in [0.2, 0.25) is 0 Å². The van der Waals surface area contributed by atoms with Crippen molar-refractivity contribution in [2.24, 2.45) is 0 Å². The standard InChI is InChI=1S/C19H27N4O4/c1-14(17-21-16(22-26-17)15-8-10-20-11-9-15)27-23(12-6-5-7-13-23)18(24)25-19(2,3)4/h8-11,14H,5-7,12-13H2,1-4H3/q+1/t14-/m1/s1. The topological polar surface area (TPSA) is 87.3 Å². The molecule has 3 rings (SSSR count). The van der Waals surface area contributed by atoms with Crippen LogP contribution in [0, 0.1) is 0 Å². The molecule has 0 aromatic carbocycles. The summed E-state index contributed by atoms with van der Waals surface area (Å²) in [7, 11) is 0. The summed E-state index contributed by atoms with van der Waals surface area (Å²) in [5.41, 5.74) is 0.229. The van der Waals surface area contributed by atoms with E-state index in [0.29, 0.717) is 24.8 Å². The van der Waals surface area contributed by atoms with E-state index in [-0.39, 0.29) is 10.7 Å². The summed E-state index contributed by atoms with van der Waals surface area (Å²) < 4.78 is 10.8. The van der Waals surface area contributed by atoms with Crippen LogP contribution in [0.1, 0.15) is 59.0 Å². The zero-order chi connectivity index (χ0) is 19.5. The van der Waals surface area contributed by atoms with Gasteiger partial charge in [-0.15, -0.1) is 0 Å². The van der Waals surface area contributed by atoms with Gasteiger partial charge in [0.15, 0.2) is 6.10 Å². The number of amides is 1. The summed E-state index contributed by atoms with van der Waals surface area (Å²) >= 11 is 0. The number of carbonyl (C=O) groups excluding carboxylic acids is 1. The molecule has 27 heavy (non-hydrogen) atoms.